The highest BCUT2D eigenvalue weighted by Gasteiger charge is 2.26. The first kappa shape index (κ1) is 24.1. The van der Waals surface area contributed by atoms with Crippen LogP contribution >= 0.6 is 15.9 Å². The highest BCUT2D eigenvalue weighted by atomic mass is 79.9. The minimum Gasteiger partial charge on any atom is -0.494 e. The van der Waals surface area contributed by atoms with Gasteiger partial charge in [0.05, 0.1) is 6.61 Å². The summed E-state index contributed by atoms with van der Waals surface area (Å²) in [5.74, 6) is 1.04. The maximum absolute atomic E-state index is 12.8. The maximum atomic E-state index is 12.8. The molecule has 0 radical (unpaired) electrons. The number of hydrogen-bond donors (Lipinski definition) is 0. The number of ether oxygens (including phenoxy) is 1. The number of amides is 1. The molecule has 2 fully saturated rings. The molecule has 178 valence electrons. The summed E-state index contributed by atoms with van der Waals surface area (Å²) in [4.78, 5) is 19.6. The van der Waals surface area contributed by atoms with Gasteiger partial charge in [0.2, 0.25) is 0 Å². The van der Waals surface area contributed by atoms with Crippen molar-refractivity contribution in [3.63, 3.8) is 0 Å². The molecule has 0 atom stereocenters. The zero-order chi connectivity index (χ0) is 23.3. The Bertz CT molecular complexity index is 923. The summed E-state index contributed by atoms with van der Waals surface area (Å²) in [5, 5.41) is 0. The molecule has 0 saturated carbocycles. The zero-order valence-corrected chi connectivity index (χ0v) is 21.5. The Morgan fingerprint density at radius 1 is 1.03 bits per heavy atom. The molecule has 2 aromatic carbocycles. The molecule has 2 saturated heterocycles. The lowest BCUT2D eigenvalue weighted by Crippen LogP contribution is -2.48. The van der Waals surface area contributed by atoms with Crippen LogP contribution in [0.25, 0.3) is 0 Å². The second-order valence-electron chi connectivity index (χ2n) is 10.0. The van der Waals surface area contributed by atoms with Crippen LogP contribution in [-0.2, 0) is 0 Å². The number of anilines is 1. The van der Waals surface area contributed by atoms with E-state index in [9.17, 15) is 4.79 Å². The van der Waals surface area contributed by atoms with Crippen molar-refractivity contribution in [2.75, 3.05) is 57.3 Å². The van der Waals surface area contributed by atoms with Crippen LogP contribution < -0.4 is 9.64 Å². The van der Waals surface area contributed by atoms with E-state index in [1.54, 1.807) is 0 Å². The van der Waals surface area contributed by atoms with Gasteiger partial charge in [-0.1, -0.05) is 35.8 Å². The Labute approximate surface area is 206 Å². The first-order valence-corrected chi connectivity index (χ1v) is 12.9. The number of likely N-dealkylation sites (tertiary alicyclic amines) is 1. The van der Waals surface area contributed by atoms with Crippen LogP contribution in [0.2, 0.25) is 0 Å². The molecular formula is C27H36BrN3O2. The van der Waals surface area contributed by atoms with E-state index in [0.29, 0.717) is 5.41 Å². The van der Waals surface area contributed by atoms with E-state index in [-0.39, 0.29) is 5.91 Å². The topological polar surface area (TPSA) is 36.0 Å². The van der Waals surface area contributed by atoms with E-state index in [1.165, 1.54) is 31.6 Å². The molecule has 0 aliphatic carbocycles. The average Bonchev–Trinajstić information content (AvgIpc) is 2.81. The Morgan fingerprint density at radius 3 is 2.48 bits per heavy atom. The van der Waals surface area contributed by atoms with Gasteiger partial charge in [0.25, 0.3) is 5.91 Å². The predicted octanol–water partition coefficient (Wildman–Crippen LogP) is 5.30. The third-order valence-corrected chi connectivity index (χ3v) is 7.20. The van der Waals surface area contributed by atoms with Crippen molar-refractivity contribution in [1.29, 1.82) is 0 Å². The van der Waals surface area contributed by atoms with Gasteiger partial charge in [0.15, 0.2) is 0 Å². The lowest BCUT2D eigenvalue weighted by atomic mass is 9.84. The number of halogens is 1. The number of nitrogens with zero attached hydrogens (tertiary/aromatic N) is 3. The minimum atomic E-state index is 0.104. The second kappa shape index (κ2) is 10.9. The Kier molecular flexibility index (Phi) is 7.97. The van der Waals surface area contributed by atoms with Crippen LogP contribution in [0.15, 0.2) is 53.0 Å². The Balaban J connectivity index is 1.19. The Hall–Kier alpha value is -2.05. The number of piperazine rings is 1. The summed E-state index contributed by atoms with van der Waals surface area (Å²) < 4.78 is 6.93. The molecule has 2 heterocycles. The van der Waals surface area contributed by atoms with Crippen molar-refractivity contribution in [1.82, 2.24) is 9.80 Å². The van der Waals surface area contributed by atoms with E-state index < -0.39 is 0 Å². The summed E-state index contributed by atoms with van der Waals surface area (Å²) in [6.45, 7) is 12.2. The Morgan fingerprint density at radius 2 is 1.79 bits per heavy atom. The van der Waals surface area contributed by atoms with Gasteiger partial charge in [0.1, 0.15) is 5.75 Å². The van der Waals surface area contributed by atoms with Gasteiger partial charge < -0.3 is 19.4 Å². The van der Waals surface area contributed by atoms with E-state index in [2.05, 4.69) is 63.8 Å². The van der Waals surface area contributed by atoms with Gasteiger partial charge in [0, 0.05) is 55.0 Å². The zero-order valence-electron chi connectivity index (χ0n) is 19.9. The molecular weight excluding hydrogens is 478 g/mol. The van der Waals surface area contributed by atoms with Gasteiger partial charge in [-0.05, 0) is 73.7 Å². The maximum Gasteiger partial charge on any atom is 0.254 e. The standard InChI is InChI=1S/C27H36BrN3O2/c1-27(2)12-4-13-29(21-27)14-5-19-33-25-10-8-24(9-11-25)30-15-17-31(18-16-30)26(32)22-6-3-7-23(28)20-22/h3,6-11,20H,4-5,12-19,21H2,1-2H3. The lowest BCUT2D eigenvalue weighted by molar-refractivity contribution is 0.0746. The summed E-state index contributed by atoms with van der Waals surface area (Å²) in [7, 11) is 0. The van der Waals surface area contributed by atoms with Crippen molar-refractivity contribution in [3.8, 4) is 5.75 Å². The molecule has 0 N–H and O–H groups in total. The van der Waals surface area contributed by atoms with Crippen LogP contribution in [0.3, 0.4) is 0 Å². The molecule has 6 heteroatoms. The first-order valence-electron chi connectivity index (χ1n) is 12.1. The largest absolute Gasteiger partial charge is 0.494 e. The van der Waals surface area contributed by atoms with Crippen LogP contribution in [-0.4, -0.2) is 68.1 Å². The van der Waals surface area contributed by atoms with Crippen LogP contribution in [0.1, 0.15) is 43.5 Å². The van der Waals surface area contributed by atoms with Crippen molar-refractivity contribution < 1.29 is 9.53 Å². The van der Waals surface area contributed by atoms with Crippen LogP contribution in [0, 0.1) is 5.41 Å². The van der Waals surface area contributed by atoms with Gasteiger partial charge in [-0.25, -0.2) is 0 Å². The van der Waals surface area contributed by atoms with Gasteiger partial charge >= 0.3 is 0 Å². The molecule has 0 unspecified atom stereocenters. The monoisotopic (exact) mass is 513 g/mol. The van der Waals surface area contributed by atoms with Crippen molar-refractivity contribution in [2.45, 2.75) is 33.1 Å². The smallest absolute Gasteiger partial charge is 0.254 e. The van der Waals surface area contributed by atoms with Crippen LogP contribution in [0.4, 0.5) is 5.69 Å². The summed E-state index contributed by atoms with van der Waals surface area (Å²) in [6.07, 6.45) is 3.70. The molecule has 33 heavy (non-hydrogen) atoms. The molecule has 4 rings (SSSR count). The highest BCUT2D eigenvalue weighted by molar-refractivity contribution is 9.10. The second-order valence-corrected chi connectivity index (χ2v) is 10.9. The SMILES string of the molecule is CC1(C)CCCN(CCCOc2ccc(N3CCN(C(=O)c4cccc(Br)c4)CC3)cc2)C1. The normalized spacial score (nSPS) is 18.9. The number of benzene rings is 2. The number of carbonyl (C=O) groups is 1. The molecule has 0 bridgehead atoms. The number of rotatable bonds is 7. The van der Waals surface area contributed by atoms with Gasteiger partial charge in [-0.2, -0.15) is 0 Å². The van der Waals surface area contributed by atoms with Gasteiger partial charge in [-0.3, -0.25) is 4.79 Å². The minimum absolute atomic E-state index is 0.104. The van der Waals surface area contributed by atoms with Crippen molar-refractivity contribution in [3.05, 3.63) is 58.6 Å². The van der Waals surface area contributed by atoms with Crippen molar-refractivity contribution in [2.24, 2.45) is 5.41 Å². The highest BCUT2D eigenvalue weighted by Crippen LogP contribution is 2.28. The fourth-order valence-corrected chi connectivity index (χ4v) is 5.34. The quantitative estimate of drug-likeness (QED) is 0.470. The summed E-state index contributed by atoms with van der Waals surface area (Å²) in [5.41, 5.74) is 2.38. The molecule has 0 spiro atoms. The predicted molar refractivity (Wildman–Crippen MR) is 138 cm³/mol. The third-order valence-electron chi connectivity index (χ3n) is 6.71. The molecule has 2 aliphatic rings. The summed E-state index contributed by atoms with van der Waals surface area (Å²) >= 11 is 3.45. The van der Waals surface area contributed by atoms with E-state index in [0.717, 1.165) is 61.5 Å². The first-order chi connectivity index (χ1) is 15.9. The van der Waals surface area contributed by atoms with E-state index in [1.807, 2.05) is 29.2 Å². The molecule has 2 aromatic rings. The fourth-order valence-electron chi connectivity index (χ4n) is 4.94. The number of piperidine rings is 1. The molecule has 1 amide bonds. The summed E-state index contributed by atoms with van der Waals surface area (Å²) in [6, 6.07) is 16.0. The van der Waals surface area contributed by atoms with E-state index in [4.69, 9.17) is 4.74 Å². The molecule has 2 aliphatic heterocycles. The van der Waals surface area contributed by atoms with Gasteiger partial charge in [-0.15, -0.1) is 0 Å². The van der Waals surface area contributed by atoms with E-state index >= 15 is 0 Å². The average molecular weight is 515 g/mol. The number of carbonyl (C=O) groups excluding carboxylic acids is 1. The number of hydrogen-bond acceptors (Lipinski definition) is 4. The third kappa shape index (κ3) is 6.73. The lowest BCUT2D eigenvalue weighted by Gasteiger charge is -2.38. The fraction of sp³-hybridized carbons (Fsp3) is 0.519. The van der Waals surface area contributed by atoms with Crippen LogP contribution in [0.5, 0.6) is 5.75 Å². The van der Waals surface area contributed by atoms with Crippen molar-refractivity contribution >= 4 is 27.5 Å². The molecule has 5 nitrogen and oxygen atoms in total. The molecule has 0 aromatic heterocycles.